The molecule has 0 saturated heterocycles. The van der Waals surface area contributed by atoms with Crippen molar-refractivity contribution in [3.05, 3.63) is 120 Å². The van der Waals surface area contributed by atoms with Crippen LogP contribution in [0.5, 0.6) is 0 Å². The molecular weight excluding hydrogens is 462 g/mol. The van der Waals surface area contributed by atoms with Crippen LogP contribution in [0.25, 0.3) is 5.69 Å². The molecule has 0 amide bonds. The Hall–Kier alpha value is -2.88. The molecule has 2 atom stereocenters. The largest absolute Gasteiger partial charge is 1.00 e. The first-order chi connectivity index (χ1) is 17.0. The summed E-state index contributed by atoms with van der Waals surface area (Å²) in [5, 5.41) is 3.96. The molecule has 0 aliphatic rings. The molecule has 0 aliphatic carbocycles. The number of nitrogens with zero attached hydrogens (tertiary/aromatic N) is 2. The summed E-state index contributed by atoms with van der Waals surface area (Å²) in [7, 11) is 0. The van der Waals surface area contributed by atoms with Crippen LogP contribution in [0.2, 0.25) is 0 Å². The molecule has 0 radical (unpaired) electrons. The molecule has 1 heterocycles. The van der Waals surface area contributed by atoms with Crippen molar-refractivity contribution in [1.82, 2.24) is 9.88 Å². The number of imidazole rings is 1. The van der Waals surface area contributed by atoms with Crippen LogP contribution in [0.4, 0.5) is 0 Å². The van der Waals surface area contributed by atoms with Crippen molar-refractivity contribution >= 4 is 0 Å². The topological polar surface area (TPSA) is 20.8 Å². The quantitative estimate of drug-likeness (QED) is 0.317. The van der Waals surface area contributed by atoms with Crippen LogP contribution in [0.1, 0.15) is 87.2 Å². The van der Waals surface area contributed by atoms with Crippen molar-refractivity contribution in [2.24, 2.45) is 0 Å². The molecule has 1 N–H and O–H groups in total. The van der Waals surface area contributed by atoms with E-state index in [1.54, 1.807) is 0 Å². The van der Waals surface area contributed by atoms with E-state index in [1.807, 2.05) is 0 Å². The lowest BCUT2D eigenvalue weighted by Gasteiger charge is -2.25. The minimum Gasteiger partial charge on any atom is -1.00 e. The van der Waals surface area contributed by atoms with E-state index in [1.165, 1.54) is 27.9 Å². The zero-order valence-corrected chi connectivity index (χ0v) is 23.0. The van der Waals surface area contributed by atoms with Crippen molar-refractivity contribution in [1.29, 1.82) is 0 Å². The predicted octanol–water partition coefficient (Wildman–Crippen LogP) is 4.50. The number of benzene rings is 3. The third kappa shape index (κ3) is 6.46. The van der Waals surface area contributed by atoms with Gasteiger partial charge in [0.25, 0.3) is 0 Å². The number of nitrogens with one attached hydrogen (secondary N) is 1. The van der Waals surface area contributed by atoms with E-state index in [0.29, 0.717) is 17.9 Å². The monoisotopic (exact) mass is 501 g/mol. The van der Waals surface area contributed by atoms with Crippen molar-refractivity contribution in [3.63, 3.8) is 0 Å². The lowest BCUT2D eigenvalue weighted by Crippen LogP contribution is -3.00. The van der Waals surface area contributed by atoms with Crippen LogP contribution in [0.3, 0.4) is 0 Å². The zero-order valence-electron chi connectivity index (χ0n) is 22.2. The molecule has 3 aromatic carbocycles. The van der Waals surface area contributed by atoms with E-state index in [2.05, 4.69) is 147 Å². The molecule has 4 rings (SSSR count). The molecule has 4 heteroatoms. The average Bonchev–Trinajstić information content (AvgIpc) is 3.35. The molecule has 0 bridgehead atoms. The van der Waals surface area contributed by atoms with Crippen LogP contribution >= 0.6 is 0 Å². The van der Waals surface area contributed by atoms with Gasteiger partial charge in [0.05, 0.1) is 6.04 Å². The number of rotatable bonds is 10. The van der Waals surface area contributed by atoms with Gasteiger partial charge >= 0.3 is 0 Å². The Kier molecular flexibility index (Phi) is 9.92. The van der Waals surface area contributed by atoms with Gasteiger partial charge in [0.1, 0.15) is 24.6 Å². The van der Waals surface area contributed by atoms with Crippen LogP contribution < -0.4 is 22.3 Å². The molecule has 0 unspecified atom stereocenters. The standard InChI is InChI=1S/C32H40N3.ClH/c1-6-30(26-14-9-7-10-15-26)33-31(27-16-11-8-12-17-27)22-34-20-21-35(23-34)32-28(24(2)3)18-13-19-29(32)25(4)5;/h7-21,23-25,30-31,33H,6,22H2,1-5H3;1H/q+1;/p-1/t30-,31+;/m0./s1. The Morgan fingerprint density at radius 1 is 0.722 bits per heavy atom. The summed E-state index contributed by atoms with van der Waals surface area (Å²) >= 11 is 0. The fraction of sp³-hybridized carbons (Fsp3) is 0.344. The first-order valence-electron chi connectivity index (χ1n) is 13.0. The van der Waals surface area contributed by atoms with Crippen LogP contribution in [-0.2, 0) is 6.54 Å². The Morgan fingerprint density at radius 3 is 1.75 bits per heavy atom. The van der Waals surface area contributed by atoms with Gasteiger partial charge in [-0.3, -0.25) is 5.32 Å². The Labute approximate surface area is 223 Å². The first kappa shape index (κ1) is 27.7. The van der Waals surface area contributed by atoms with Crippen LogP contribution in [0, 0.1) is 0 Å². The van der Waals surface area contributed by atoms with E-state index in [4.69, 9.17) is 0 Å². The number of para-hydroxylation sites is 1. The van der Waals surface area contributed by atoms with Gasteiger partial charge in [-0.05, 0) is 29.4 Å². The summed E-state index contributed by atoms with van der Waals surface area (Å²) < 4.78 is 4.64. The van der Waals surface area contributed by atoms with Gasteiger partial charge in [0, 0.05) is 17.2 Å². The molecule has 3 nitrogen and oxygen atoms in total. The Morgan fingerprint density at radius 2 is 1.25 bits per heavy atom. The second kappa shape index (κ2) is 12.9. The SMILES string of the molecule is CC[C@H](N[C@H](C[n+]1ccn(-c2c(C(C)C)cccc2C(C)C)c1)c1ccccc1)c1ccccc1.[Cl-]. The Bertz CT molecular complexity index is 1170. The first-order valence-corrected chi connectivity index (χ1v) is 13.0. The van der Waals surface area contributed by atoms with Gasteiger partial charge in [-0.1, -0.05) is 113 Å². The predicted molar refractivity (Wildman–Crippen MR) is 146 cm³/mol. The van der Waals surface area contributed by atoms with E-state index in [-0.39, 0.29) is 18.4 Å². The number of halogens is 1. The van der Waals surface area contributed by atoms with Crippen molar-refractivity contribution in [3.8, 4) is 5.69 Å². The third-order valence-corrected chi connectivity index (χ3v) is 6.90. The van der Waals surface area contributed by atoms with Gasteiger partial charge in [-0.25, -0.2) is 9.13 Å². The third-order valence-electron chi connectivity index (χ3n) is 6.90. The lowest BCUT2D eigenvalue weighted by molar-refractivity contribution is -0.699. The molecule has 0 fully saturated rings. The molecule has 0 saturated carbocycles. The minimum atomic E-state index is 0. The summed E-state index contributed by atoms with van der Waals surface area (Å²) in [6.45, 7) is 12.2. The molecule has 0 spiro atoms. The summed E-state index contributed by atoms with van der Waals surface area (Å²) in [5.41, 5.74) is 6.77. The highest BCUT2D eigenvalue weighted by atomic mass is 35.5. The van der Waals surface area contributed by atoms with Gasteiger partial charge in [0.2, 0.25) is 6.33 Å². The molecule has 0 aliphatic heterocycles. The highest BCUT2D eigenvalue weighted by Crippen LogP contribution is 2.31. The van der Waals surface area contributed by atoms with E-state index >= 15 is 0 Å². The molecular formula is C32H40ClN3. The molecule has 1 aromatic heterocycles. The highest BCUT2D eigenvalue weighted by Gasteiger charge is 2.23. The zero-order chi connectivity index (χ0) is 24.8. The van der Waals surface area contributed by atoms with Crippen LogP contribution in [-0.4, -0.2) is 4.57 Å². The van der Waals surface area contributed by atoms with E-state index < -0.39 is 0 Å². The highest BCUT2D eigenvalue weighted by molar-refractivity contribution is 5.50. The Balaban J connectivity index is 0.00000361. The van der Waals surface area contributed by atoms with E-state index in [0.717, 1.165) is 13.0 Å². The van der Waals surface area contributed by atoms with Gasteiger partial charge < -0.3 is 12.4 Å². The number of hydrogen-bond acceptors (Lipinski definition) is 1. The van der Waals surface area contributed by atoms with Crippen molar-refractivity contribution in [2.45, 2.75) is 71.5 Å². The van der Waals surface area contributed by atoms with Crippen molar-refractivity contribution in [2.75, 3.05) is 0 Å². The van der Waals surface area contributed by atoms with Crippen LogP contribution in [0.15, 0.2) is 97.6 Å². The molecule has 4 aromatic rings. The second-order valence-corrected chi connectivity index (χ2v) is 10.1. The minimum absolute atomic E-state index is 0. The van der Waals surface area contributed by atoms with E-state index in [9.17, 15) is 0 Å². The molecule has 190 valence electrons. The maximum atomic E-state index is 3.96. The maximum Gasteiger partial charge on any atom is 0.249 e. The van der Waals surface area contributed by atoms with Gasteiger partial charge in [-0.15, -0.1) is 0 Å². The summed E-state index contributed by atoms with van der Waals surface area (Å²) in [6, 6.07) is 28.9. The summed E-state index contributed by atoms with van der Waals surface area (Å²) in [4.78, 5) is 0. The fourth-order valence-electron chi connectivity index (χ4n) is 4.97. The lowest BCUT2D eigenvalue weighted by atomic mass is 9.92. The smallest absolute Gasteiger partial charge is 0.249 e. The maximum absolute atomic E-state index is 3.96. The summed E-state index contributed by atoms with van der Waals surface area (Å²) in [5.74, 6) is 0.934. The molecule has 36 heavy (non-hydrogen) atoms. The van der Waals surface area contributed by atoms with Gasteiger partial charge in [0.15, 0.2) is 0 Å². The normalized spacial score (nSPS) is 13.0. The number of aromatic nitrogens is 2. The van der Waals surface area contributed by atoms with Gasteiger partial charge in [-0.2, -0.15) is 0 Å². The second-order valence-electron chi connectivity index (χ2n) is 10.1. The fourth-order valence-corrected chi connectivity index (χ4v) is 4.97. The number of hydrogen-bond donors (Lipinski definition) is 1. The summed E-state index contributed by atoms with van der Waals surface area (Å²) in [6.07, 6.45) is 7.72. The van der Waals surface area contributed by atoms with Crippen molar-refractivity contribution < 1.29 is 17.0 Å². The average molecular weight is 502 g/mol.